The van der Waals surface area contributed by atoms with E-state index in [4.69, 9.17) is 4.74 Å². The first-order valence-corrected chi connectivity index (χ1v) is 9.72. The third-order valence-corrected chi connectivity index (χ3v) is 4.79. The lowest BCUT2D eigenvalue weighted by Gasteiger charge is -2.30. The van der Waals surface area contributed by atoms with Gasteiger partial charge in [0.05, 0.1) is 11.4 Å². The molecule has 0 aliphatic carbocycles. The molecule has 8 nitrogen and oxygen atoms in total. The number of aromatic nitrogens is 3. The van der Waals surface area contributed by atoms with Crippen LogP contribution in [0, 0.1) is 0 Å². The van der Waals surface area contributed by atoms with Crippen molar-refractivity contribution in [2.45, 2.75) is 25.6 Å². The summed E-state index contributed by atoms with van der Waals surface area (Å²) in [6.07, 6.45) is -2.35. The second-order valence-electron chi connectivity index (χ2n) is 7.00. The summed E-state index contributed by atoms with van der Waals surface area (Å²) < 4.78 is 45.2. The molecule has 1 aromatic carbocycles. The number of halogens is 3. The van der Waals surface area contributed by atoms with Gasteiger partial charge in [-0.05, 0) is 48.9 Å². The summed E-state index contributed by atoms with van der Waals surface area (Å²) in [5, 5.41) is 6.19. The first kappa shape index (κ1) is 21.3. The fraction of sp³-hybridized carbons (Fsp3) is 0.238. The maximum Gasteiger partial charge on any atom is 0.435 e. The van der Waals surface area contributed by atoms with Gasteiger partial charge in [-0.15, -0.1) is 0 Å². The molecule has 3 heterocycles. The quantitative estimate of drug-likeness (QED) is 0.650. The molecule has 11 heteroatoms. The summed E-state index contributed by atoms with van der Waals surface area (Å²) in [5.41, 5.74) is -0.152. The van der Waals surface area contributed by atoms with E-state index in [0.29, 0.717) is 29.4 Å². The zero-order valence-electron chi connectivity index (χ0n) is 16.8. The maximum atomic E-state index is 13.1. The molecule has 1 atom stereocenters. The Kier molecular flexibility index (Phi) is 5.56. The molecule has 32 heavy (non-hydrogen) atoms. The van der Waals surface area contributed by atoms with Crippen molar-refractivity contribution in [1.29, 1.82) is 0 Å². The van der Waals surface area contributed by atoms with Crippen LogP contribution in [0.15, 0.2) is 54.9 Å². The number of pyridine rings is 1. The number of benzene rings is 1. The van der Waals surface area contributed by atoms with Crippen LogP contribution >= 0.6 is 0 Å². The lowest BCUT2D eigenvalue weighted by atomic mass is 10.2. The van der Waals surface area contributed by atoms with E-state index in [0.717, 1.165) is 10.7 Å². The number of fused-ring (bicyclic) bond motifs is 1. The number of anilines is 2. The van der Waals surface area contributed by atoms with Crippen LogP contribution in [0.5, 0.6) is 5.75 Å². The first-order chi connectivity index (χ1) is 15.3. The monoisotopic (exact) mass is 445 g/mol. The lowest BCUT2D eigenvalue weighted by Crippen LogP contribution is -2.48. The molecule has 166 valence electrons. The predicted octanol–water partition coefficient (Wildman–Crippen LogP) is 3.43. The molecule has 2 aromatic heterocycles. The lowest BCUT2D eigenvalue weighted by molar-refractivity contribution is -0.141. The van der Waals surface area contributed by atoms with E-state index in [1.807, 2.05) is 0 Å². The average molecular weight is 445 g/mol. The summed E-state index contributed by atoms with van der Waals surface area (Å²) in [4.78, 5) is 30.5. The number of nitrogens with zero attached hydrogens (tertiary/aromatic N) is 4. The number of nitrogens with one attached hydrogen (secondary N) is 1. The number of alkyl halides is 3. The zero-order valence-corrected chi connectivity index (χ0v) is 16.8. The van der Waals surface area contributed by atoms with E-state index in [9.17, 15) is 22.8 Å². The van der Waals surface area contributed by atoms with Gasteiger partial charge in [0.2, 0.25) is 5.91 Å². The fourth-order valence-corrected chi connectivity index (χ4v) is 3.24. The van der Waals surface area contributed by atoms with Gasteiger partial charge in [-0.1, -0.05) is 6.92 Å². The number of carbonyl (C=O) groups is 2. The molecule has 0 spiro atoms. The van der Waals surface area contributed by atoms with Crippen molar-refractivity contribution in [2.24, 2.45) is 0 Å². The van der Waals surface area contributed by atoms with Gasteiger partial charge in [-0.3, -0.25) is 14.5 Å². The molecule has 1 aliphatic heterocycles. The van der Waals surface area contributed by atoms with Crippen molar-refractivity contribution in [1.82, 2.24) is 14.8 Å². The topological polar surface area (TPSA) is 89.4 Å². The Morgan fingerprint density at radius 3 is 2.62 bits per heavy atom. The minimum Gasteiger partial charge on any atom is -0.481 e. The van der Waals surface area contributed by atoms with E-state index in [-0.39, 0.29) is 12.5 Å². The summed E-state index contributed by atoms with van der Waals surface area (Å²) in [6.45, 7) is 1.59. The van der Waals surface area contributed by atoms with Crippen LogP contribution < -0.4 is 15.0 Å². The summed E-state index contributed by atoms with van der Waals surface area (Å²) in [5.74, 6) is -0.0720. The molecule has 0 saturated carbocycles. The molecule has 3 aromatic rings. The highest BCUT2D eigenvalue weighted by atomic mass is 19.4. The molecular weight excluding hydrogens is 427 g/mol. The molecule has 1 aliphatic rings. The van der Waals surface area contributed by atoms with Gasteiger partial charge in [-0.25, -0.2) is 9.67 Å². The highest BCUT2D eigenvalue weighted by Crippen LogP contribution is 2.29. The SMILES string of the molecule is CCC(Oc1ccc(-n2ccc(C(F)(F)F)n2)cc1)C(=O)N1CC(=O)Nc2cccnc21. The van der Waals surface area contributed by atoms with Gasteiger partial charge < -0.3 is 10.1 Å². The molecule has 1 N–H and O–H groups in total. The highest BCUT2D eigenvalue weighted by Gasteiger charge is 2.34. The van der Waals surface area contributed by atoms with Gasteiger partial charge in [0.1, 0.15) is 12.3 Å². The summed E-state index contributed by atoms with van der Waals surface area (Å²) in [7, 11) is 0. The first-order valence-electron chi connectivity index (χ1n) is 9.72. The summed E-state index contributed by atoms with van der Waals surface area (Å²) in [6, 6.07) is 10.3. The second kappa shape index (κ2) is 8.33. The number of amides is 2. The molecule has 1 unspecified atom stereocenters. The van der Waals surface area contributed by atoms with E-state index in [1.54, 1.807) is 19.1 Å². The van der Waals surface area contributed by atoms with Crippen LogP contribution in [-0.2, 0) is 15.8 Å². The average Bonchev–Trinajstić information content (AvgIpc) is 3.28. The molecule has 0 saturated heterocycles. The van der Waals surface area contributed by atoms with Crippen LogP contribution in [0.25, 0.3) is 5.69 Å². The molecule has 0 bridgehead atoms. The fourth-order valence-electron chi connectivity index (χ4n) is 3.24. The Balaban J connectivity index is 1.50. The Labute approximate surface area is 180 Å². The van der Waals surface area contributed by atoms with Crippen molar-refractivity contribution < 1.29 is 27.5 Å². The number of ether oxygens (including phenoxy) is 1. The molecule has 4 rings (SSSR count). The molecule has 0 fully saturated rings. The Morgan fingerprint density at radius 2 is 1.97 bits per heavy atom. The molecular formula is C21H18F3N5O3. The molecule has 0 radical (unpaired) electrons. The summed E-state index contributed by atoms with van der Waals surface area (Å²) >= 11 is 0. The van der Waals surface area contributed by atoms with Crippen molar-refractivity contribution in [3.8, 4) is 11.4 Å². The van der Waals surface area contributed by atoms with Crippen molar-refractivity contribution >= 4 is 23.3 Å². The van der Waals surface area contributed by atoms with E-state index in [1.165, 1.54) is 41.6 Å². The Morgan fingerprint density at radius 1 is 1.22 bits per heavy atom. The highest BCUT2D eigenvalue weighted by molar-refractivity contribution is 6.10. The van der Waals surface area contributed by atoms with Gasteiger partial charge in [0.25, 0.3) is 5.91 Å². The largest absolute Gasteiger partial charge is 0.481 e. The number of hydrogen-bond acceptors (Lipinski definition) is 5. The smallest absolute Gasteiger partial charge is 0.435 e. The van der Waals surface area contributed by atoms with Crippen molar-refractivity contribution in [3.05, 3.63) is 60.6 Å². The number of rotatable bonds is 5. The van der Waals surface area contributed by atoms with Gasteiger partial charge in [0.15, 0.2) is 17.6 Å². The van der Waals surface area contributed by atoms with Crippen molar-refractivity contribution in [2.75, 3.05) is 16.8 Å². The van der Waals surface area contributed by atoms with Crippen LogP contribution in [0.1, 0.15) is 19.0 Å². The third-order valence-electron chi connectivity index (χ3n) is 4.79. The second-order valence-corrected chi connectivity index (χ2v) is 7.00. The zero-order chi connectivity index (χ0) is 22.9. The number of carbonyl (C=O) groups excluding carboxylic acids is 2. The minimum atomic E-state index is -4.53. The third kappa shape index (κ3) is 4.27. The van der Waals surface area contributed by atoms with E-state index in [2.05, 4.69) is 15.4 Å². The van der Waals surface area contributed by atoms with Crippen LogP contribution in [0.4, 0.5) is 24.7 Å². The van der Waals surface area contributed by atoms with E-state index < -0.39 is 23.9 Å². The standard InChI is InChI=1S/C21H18F3N5O3/c1-2-16(20(31)28-12-18(30)26-15-4-3-10-25-19(15)28)32-14-7-5-13(6-8-14)29-11-9-17(27-29)21(22,23)24/h3-11,16H,2,12H2,1H3,(H,26,30). The Bertz CT molecular complexity index is 1140. The maximum absolute atomic E-state index is 13.1. The Hall–Kier alpha value is -3.89. The van der Waals surface area contributed by atoms with Crippen molar-refractivity contribution in [3.63, 3.8) is 0 Å². The predicted molar refractivity (Wildman–Crippen MR) is 108 cm³/mol. The van der Waals surface area contributed by atoms with Crippen LogP contribution in [0.3, 0.4) is 0 Å². The van der Waals surface area contributed by atoms with Crippen LogP contribution in [-0.4, -0.2) is 39.2 Å². The number of hydrogen-bond donors (Lipinski definition) is 1. The van der Waals surface area contributed by atoms with Gasteiger partial charge in [-0.2, -0.15) is 18.3 Å². The van der Waals surface area contributed by atoms with Gasteiger partial charge in [0, 0.05) is 12.4 Å². The minimum absolute atomic E-state index is 0.178. The normalized spacial score (nSPS) is 14.5. The van der Waals surface area contributed by atoms with Gasteiger partial charge >= 0.3 is 6.18 Å². The van der Waals surface area contributed by atoms with E-state index >= 15 is 0 Å². The van der Waals surface area contributed by atoms with Crippen LogP contribution in [0.2, 0.25) is 0 Å². The molecule has 2 amide bonds.